The van der Waals surface area contributed by atoms with Crippen LogP contribution in [0, 0.1) is 0 Å². The number of rotatable bonds is 4. The quantitative estimate of drug-likeness (QED) is 0.942. The Morgan fingerprint density at radius 3 is 2.73 bits per heavy atom. The van der Waals surface area contributed by atoms with Crippen LogP contribution in [0.2, 0.25) is 0 Å². The molecule has 6 heteroatoms. The number of fused-ring (bicyclic) bond motifs is 1. The van der Waals surface area contributed by atoms with Gasteiger partial charge in [0.25, 0.3) is 0 Å². The first-order chi connectivity index (χ1) is 10.6. The minimum atomic E-state index is -1.02. The highest BCUT2D eigenvalue weighted by molar-refractivity contribution is 6.13. The summed E-state index contributed by atoms with van der Waals surface area (Å²) in [7, 11) is 1.57. The Kier molecular flexibility index (Phi) is 3.52. The van der Waals surface area contributed by atoms with E-state index in [1.807, 2.05) is 13.0 Å². The number of benzene rings is 1. The number of amides is 1. The van der Waals surface area contributed by atoms with Crippen molar-refractivity contribution in [3.05, 3.63) is 23.9 Å². The average molecular weight is 302 g/mol. The van der Waals surface area contributed by atoms with E-state index in [0.29, 0.717) is 30.9 Å². The van der Waals surface area contributed by atoms with Gasteiger partial charge < -0.3 is 19.3 Å². The zero-order chi connectivity index (χ0) is 15.9. The number of nitrogens with zero attached hydrogens (tertiary/aromatic N) is 2. The number of aromatic nitrogens is 1. The molecular formula is C16H18N2O4. The van der Waals surface area contributed by atoms with Crippen molar-refractivity contribution in [2.45, 2.75) is 26.3 Å². The third-order valence-corrected chi connectivity index (χ3v) is 4.11. The van der Waals surface area contributed by atoms with Crippen molar-refractivity contribution in [2.75, 3.05) is 18.6 Å². The maximum Gasteiger partial charge on any atom is 0.354 e. The zero-order valence-electron chi connectivity index (χ0n) is 12.6. The maximum absolute atomic E-state index is 12.1. The summed E-state index contributed by atoms with van der Waals surface area (Å²) in [5.74, 6) is -0.405. The molecule has 2 heterocycles. The second kappa shape index (κ2) is 5.36. The Balaban J connectivity index is 2.36. The standard InChI is InChI=1S/C16H18N2O4/c1-3-17-12-7-6-10(22-2)9-11(12)14(15(17)16(20)21)18-8-4-5-13(18)19/h6-7,9H,3-5,8H2,1-2H3,(H,20,21). The van der Waals surface area contributed by atoms with Crippen molar-refractivity contribution in [3.8, 4) is 5.75 Å². The average Bonchev–Trinajstić information content (AvgIpc) is 3.06. The molecule has 1 aromatic heterocycles. The van der Waals surface area contributed by atoms with Crippen LogP contribution in [-0.4, -0.2) is 35.2 Å². The number of ether oxygens (including phenoxy) is 1. The fourth-order valence-electron chi connectivity index (χ4n) is 3.15. The van der Waals surface area contributed by atoms with Crippen molar-refractivity contribution in [1.82, 2.24) is 4.57 Å². The Hall–Kier alpha value is -2.50. The highest BCUT2D eigenvalue weighted by Crippen LogP contribution is 2.38. The van der Waals surface area contributed by atoms with Gasteiger partial charge in [0.05, 0.1) is 18.3 Å². The highest BCUT2D eigenvalue weighted by Gasteiger charge is 2.31. The number of carbonyl (C=O) groups is 2. The molecule has 0 unspecified atom stereocenters. The SMILES string of the molecule is CCn1c(C(=O)O)c(N2CCCC2=O)c2cc(OC)ccc21. The lowest BCUT2D eigenvalue weighted by Crippen LogP contribution is -2.26. The largest absolute Gasteiger partial charge is 0.497 e. The summed E-state index contributed by atoms with van der Waals surface area (Å²) in [6, 6.07) is 5.44. The fourth-order valence-corrected chi connectivity index (χ4v) is 3.15. The second-order valence-electron chi connectivity index (χ2n) is 5.28. The molecule has 1 aliphatic rings. The van der Waals surface area contributed by atoms with Crippen molar-refractivity contribution in [3.63, 3.8) is 0 Å². The summed E-state index contributed by atoms with van der Waals surface area (Å²) in [6.45, 7) is 2.97. The van der Waals surface area contributed by atoms with Crippen LogP contribution < -0.4 is 9.64 Å². The van der Waals surface area contributed by atoms with E-state index in [9.17, 15) is 14.7 Å². The van der Waals surface area contributed by atoms with Crippen molar-refractivity contribution >= 4 is 28.5 Å². The molecule has 1 N–H and O–H groups in total. The Morgan fingerprint density at radius 2 is 2.18 bits per heavy atom. The number of anilines is 1. The van der Waals surface area contributed by atoms with E-state index in [2.05, 4.69) is 0 Å². The van der Waals surface area contributed by atoms with Crippen molar-refractivity contribution < 1.29 is 19.4 Å². The third-order valence-electron chi connectivity index (χ3n) is 4.11. The predicted octanol–water partition coefficient (Wildman–Crippen LogP) is 2.49. The van der Waals surface area contributed by atoms with Gasteiger partial charge in [-0.3, -0.25) is 4.79 Å². The molecule has 1 aliphatic heterocycles. The summed E-state index contributed by atoms with van der Waals surface area (Å²) >= 11 is 0. The maximum atomic E-state index is 12.1. The molecule has 0 radical (unpaired) electrons. The topological polar surface area (TPSA) is 71.8 Å². The minimum absolute atomic E-state index is 0.0273. The van der Waals surface area contributed by atoms with Gasteiger partial charge in [-0.25, -0.2) is 4.79 Å². The lowest BCUT2D eigenvalue weighted by atomic mass is 10.2. The van der Waals surface area contributed by atoms with Crippen molar-refractivity contribution in [1.29, 1.82) is 0 Å². The van der Waals surface area contributed by atoms with E-state index in [0.717, 1.165) is 17.3 Å². The van der Waals surface area contributed by atoms with Crippen LogP contribution >= 0.6 is 0 Å². The normalized spacial score (nSPS) is 14.8. The molecule has 1 amide bonds. The summed E-state index contributed by atoms with van der Waals surface area (Å²) < 4.78 is 6.98. The molecule has 22 heavy (non-hydrogen) atoms. The van der Waals surface area contributed by atoms with Crippen molar-refractivity contribution in [2.24, 2.45) is 0 Å². The number of hydrogen-bond donors (Lipinski definition) is 1. The molecule has 1 saturated heterocycles. The molecule has 0 spiro atoms. The molecule has 0 aliphatic carbocycles. The first-order valence-corrected chi connectivity index (χ1v) is 7.32. The number of aryl methyl sites for hydroxylation is 1. The summed E-state index contributed by atoms with van der Waals surface area (Å²) in [4.78, 5) is 25.5. The van der Waals surface area contributed by atoms with E-state index in [1.54, 1.807) is 28.7 Å². The van der Waals surface area contributed by atoms with Crippen LogP contribution in [0.3, 0.4) is 0 Å². The fraction of sp³-hybridized carbons (Fsp3) is 0.375. The Bertz CT molecular complexity index is 763. The summed E-state index contributed by atoms with van der Waals surface area (Å²) in [5, 5.41) is 10.4. The molecule has 0 saturated carbocycles. The molecular weight excluding hydrogens is 284 g/mol. The predicted molar refractivity (Wildman–Crippen MR) is 82.7 cm³/mol. The van der Waals surface area contributed by atoms with Gasteiger partial charge in [0.15, 0.2) is 5.69 Å². The number of carbonyl (C=O) groups excluding carboxylic acids is 1. The van der Waals surface area contributed by atoms with Crippen LogP contribution in [0.25, 0.3) is 10.9 Å². The van der Waals surface area contributed by atoms with Crippen LogP contribution in [0.4, 0.5) is 5.69 Å². The van der Waals surface area contributed by atoms with Crippen LogP contribution in [0.1, 0.15) is 30.3 Å². The summed E-state index contributed by atoms with van der Waals surface area (Å²) in [5.41, 5.74) is 1.46. The lowest BCUT2D eigenvalue weighted by Gasteiger charge is -2.16. The first kappa shape index (κ1) is 14.4. The molecule has 0 bridgehead atoms. The van der Waals surface area contributed by atoms with Crippen LogP contribution in [0.5, 0.6) is 5.75 Å². The van der Waals surface area contributed by atoms with E-state index >= 15 is 0 Å². The molecule has 1 aromatic carbocycles. The monoisotopic (exact) mass is 302 g/mol. The number of hydrogen-bond acceptors (Lipinski definition) is 3. The molecule has 6 nitrogen and oxygen atoms in total. The van der Waals surface area contributed by atoms with Gasteiger partial charge >= 0.3 is 5.97 Å². The van der Waals surface area contributed by atoms with Gasteiger partial charge in [0.1, 0.15) is 5.75 Å². The lowest BCUT2D eigenvalue weighted by molar-refractivity contribution is -0.117. The zero-order valence-corrected chi connectivity index (χ0v) is 12.6. The molecule has 0 atom stereocenters. The Labute approximate surface area is 127 Å². The smallest absolute Gasteiger partial charge is 0.354 e. The van der Waals surface area contributed by atoms with Crippen LogP contribution in [-0.2, 0) is 11.3 Å². The first-order valence-electron chi connectivity index (χ1n) is 7.32. The molecule has 1 fully saturated rings. The van der Waals surface area contributed by atoms with Crippen LogP contribution in [0.15, 0.2) is 18.2 Å². The molecule has 2 aromatic rings. The highest BCUT2D eigenvalue weighted by atomic mass is 16.5. The van der Waals surface area contributed by atoms with Gasteiger partial charge in [0, 0.05) is 24.9 Å². The minimum Gasteiger partial charge on any atom is -0.497 e. The van der Waals surface area contributed by atoms with Gasteiger partial charge in [0.2, 0.25) is 5.91 Å². The number of carboxylic acid groups (broad SMARTS) is 1. The van der Waals surface area contributed by atoms with Gasteiger partial charge in [-0.1, -0.05) is 0 Å². The second-order valence-corrected chi connectivity index (χ2v) is 5.28. The van der Waals surface area contributed by atoms with Gasteiger partial charge in [-0.05, 0) is 31.5 Å². The van der Waals surface area contributed by atoms with E-state index in [-0.39, 0.29) is 11.6 Å². The number of methoxy groups -OCH3 is 1. The number of aromatic carboxylic acids is 1. The van der Waals surface area contributed by atoms with E-state index < -0.39 is 5.97 Å². The third kappa shape index (κ3) is 2.03. The molecule has 116 valence electrons. The van der Waals surface area contributed by atoms with E-state index in [4.69, 9.17) is 4.74 Å². The van der Waals surface area contributed by atoms with Gasteiger partial charge in [-0.15, -0.1) is 0 Å². The summed E-state index contributed by atoms with van der Waals surface area (Å²) in [6.07, 6.45) is 1.21. The number of carboxylic acids is 1. The Morgan fingerprint density at radius 1 is 1.41 bits per heavy atom. The van der Waals surface area contributed by atoms with E-state index in [1.165, 1.54) is 0 Å². The van der Waals surface area contributed by atoms with Gasteiger partial charge in [-0.2, -0.15) is 0 Å². The molecule has 3 rings (SSSR count).